The van der Waals surface area contributed by atoms with E-state index in [0.717, 1.165) is 28.1 Å². The molecule has 0 fully saturated rings. The second kappa shape index (κ2) is 4.25. The first-order valence-corrected chi connectivity index (χ1v) is 5.43. The van der Waals surface area contributed by atoms with E-state index in [1.54, 1.807) is 6.26 Å². The number of nitrogens with one attached hydrogen (secondary N) is 1. The summed E-state index contributed by atoms with van der Waals surface area (Å²) in [4.78, 5) is 0. The molecule has 0 saturated carbocycles. The lowest BCUT2D eigenvalue weighted by Gasteiger charge is -2.05. The Labute approximate surface area is 94.2 Å². The van der Waals surface area contributed by atoms with Crippen LogP contribution in [0.3, 0.4) is 0 Å². The van der Waals surface area contributed by atoms with Gasteiger partial charge in [0.1, 0.15) is 5.58 Å². The van der Waals surface area contributed by atoms with Crippen molar-refractivity contribution in [2.45, 2.75) is 26.4 Å². The highest BCUT2D eigenvalue weighted by Gasteiger charge is 2.06. The molecule has 1 N–H and O–H groups in total. The molecular weight excluding hydrogens is 210 g/mol. The van der Waals surface area contributed by atoms with Gasteiger partial charge in [0.2, 0.25) is 0 Å². The SMILES string of the molecule is CC(C)NCc1coc2ccc(Cl)cc12. The smallest absolute Gasteiger partial charge is 0.134 e. The molecule has 2 aromatic rings. The molecule has 0 radical (unpaired) electrons. The molecule has 0 bridgehead atoms. The zero-order valence-corrected chi connectivity index (χ0v) is 9.64. The summed E-state index contributed by atoms with van der Waals surface area (Å²) in [5.41, 5.74) is 2.04. The molecule has 0 aliphatic rings. The monoisotopic (exact) mass is 223 g/mol. The maximum absolute atomic E-state index is 5.95. The number of hydrogen-bond donors (Lipinski definition) is 1. The predicted octanol–water partition coefficient (Wildman–Crippen LogP) is 3.58. The Morgan fingerprint density at radius 2 is 2.20 bits per heavy atom. The molecular formula is C12H14ClNO. The number of hydrogen-bond acceptors (Lipinski definition) is 2. The van der Waals surface area contributed by atoms with Crippen molar-refractivity contribution in [1.82, 2.24) is 5.32 Å². The highest BCUT2D eigenvalue weighted by molar-refractivity contribution is 6.31. The lowest BCUT2D eigenvalue weighted by molar-refractivity contribution is 0.572. The Hall–Kier alpha value is -0.990. The van der Waals surface area contributed by atoms with Crippen molar-refractivity contribution in [3.63, 3.8) is 0 Å². The van der Waals surface area contributed by atoms with Crippen molar-refractivity contribution < 1.29 is 4.42 Å². The summed E-state index contributed by atoms with van der Waals surface area (Å²) < 4.78 is 5.44. The van der Waals surface area contributed by atoms with Crippen molar-refractivity contribution in [2.75, 3.05) is 0 Å². The number of furan rings is 1. The average molecular weight is 224 g/mol. The topological polar surface area (TPSA) is 25.2 Å². The summed E-state index contributed by atoms with van der Waals surface area (Å²) in [6.45, 7) is 5.05. The van der Waals surface area contributed by atoms with E-state index >= 15 is 0 Å². The van der Waals surface area contributed by atoms with E-state index in [1.165, 1.54) is 0 Å². The highest BCUT2D eigenvalue weighted by Crippen LogP contribution is 2.24. The van der Waals surface area contributed by atoms with Crippen LogP contribution in [0.5, 0.6) is 0 Å². The van der Waals surface area contributed by atoms with Crippen LogP contribution in [0.25, 0.3) is 11.0 Å². The zero-order valence-electron chi connectivity index (χ0n) is 8.88. The quantitative estimate of drug-likeness (QED) is 0.861. The van der Waals surface area contributed by atoms with Gasteiger partial charge in [-0.15, -0.1) is 0 Å². The summed E-state index contributed by atoms with van der Waals surface area (Å²) in [6, 6.07) is 6.15. The number of halogens is 1. The maximum Gasteiger partial charge on any atom is 0.134 e. The van der Waals surface area contributed by atoms with Gasteiger partial charge in [0, 0.05) is 28.6 Å². The van der Waals surface area contributed by atoms with Crippen LogP contribution in [0.1, 0.15) is 19.4 Å². The van der Waals surface area contributed by atoms with Gasteiger partial charge in [-0.05, 0) is 18.2 Å². The third-order valence-corrected chi connectivity index (χ3v) is 2.55. The van der Waals surface area contributed by atoms with Crippen LogP contribution in [0.2, 0.25) is 5.02 Å². The molecule has 0 atom stereocenters. The molecule has 1 aromatic carbocycles. The number of rotatable bonds is 3. The van der Waals surface area contributed by atoms with Gasteiger partial charge < -0.3 is 9.73 Å². The van der Waals surface area contributed by atoms with E-state index < -0.39 is 0 Å². The largest absolute Gasteiger partial charge is 0.464 e. The third kappa shape index (κ3) is 2.33. The van der Waals surface area contributed by atoms with E-state index in [4.69, 9.17) is 16.0 Å². The normalized spacial score (nSPS) is 11.5. The molecule has 80 valence electrons. The number of benzene rings is 1. The van der Waals surface area contributed by atoms with Gasteiger partial charge in [-0.25, -0.2) is 0 Å². The van der Waals surface area contributed by atoms with Gasteiger partial charge in [-0.3, -0.25) is 0 Å². The first-order chi connectivity index (χ1) is 7.16. The molecule has 3 heteroatoms. The van der Waals surface area contributed by atoms with E-state index in [2.05, 4.69) is 19.2 Å². The Morgan fingerprint density at radius 3 is 2.93 bits per heavy atom. The van der Waals surface area contributed by atoms with E-state index in [9.17, 15) is 0 Å². The van der Waals surface area contributed by atoms with Gasteiger partial charge in [-0.1, -0.05) is 25.4 Å². The van der Waals surface area contributed by atoms with Crippen LogP contribution in [0.15, 0.2) is 28.9 Å². The molecule has 0 amide bonds. The van der Waals surface area contributed by atoms with Crippen molar-refractivity contribution in [2.24, 2.45) is 0 Å². The molecule has 0 unspecified atom stereocenters. The number of fused-ring (bicyclic) bond motifs is 1. The fraction of sp³-hybridized carbons (Fsp3) is 0.333. The maximum atomic E-state index is 5.95. The van der Waals surface area contributed by atoms with Crippen LogP contribution >= 0.6 is 11.6 Å². The van der Waals surface area contributed by atoms with Crippen LogP contribution in [0.4, 0.5) is 0 Å². The van der Waals surface area contributed by atoms with Crippen molar-refractivity contribution in [3.05, 3.63) is 35.0 Å². The summed E-state index contributed by atoms with van der Waals surface area (Å²) in [6.07, 6.45) is 1.79. The molecule has 2 rings (SSSR count). The van der Waals surface area contributed by atoms with Crippen LogP contribution < -0.4 is 5.32 Å². The zero-order chi connectivity index (χ0) is 10.8. The summed E-state index contributed by atoms with van der Waals surface area (Å²) in [7, 11) is 0. The van der Waals surface area contributed by atoms with Gasteiger partial charge >= 0.3 is 0 Å². The fourth-order valence-corrected chi connectivity index (χ4v) is 1.68. The Bertz CT molecular complexity index is 462. The molecule has 1 aromatic heterocycles. The fourth-order valence-electron chi connectivity index (χ4n) is 1.50. The molecule has 15 heavy (non-hydrogen) atoms. The molecule has 0 saturated heterocycles. The molecule has 0 spiro atoms. The van der Waals surface area contributed by atoms with Gasteiger partial charge in [0.25, 0.3) is 0 Å². The van der Waals surface area contributed by atoms with Gasteiger partial charge in [0.15, 0.2) is 0 Å². The molecule has 0 aliphatic heterocycles. The predicted molar refractivity (Wildman–Crippen MR) is 63.2 cm³/mol. The summed E-state index contributed by atoms with van der Waals surface area (Å²) in [5, 5.41) is 5.19. The minimum Gasteiger partial charge on any atom is -0.464 e. The Morgan fingerprint density at radius 1 is 1.40 bits per heavy atom. The van der Waals surface area contributed by atoms with E-state index in [1.807, 2.05) is 18.2 Å². The summed E-state index contributed by atoms with van der Waals surface area (Å²) in [5.74, 6) is 0. The Balaban J connectivity index is 2.31. The minimum atomic E-state index is 0.467. The summed E-state index contributed by atoms with van der Waals surface area (Å²) >= 11 is 5.95. The highest BCUT2D eigenvalue weighted by atomic mass is 35.5. The van der Waals surface area contributed by atoms with Crippen LogP contribution in [-0.2, 0) is 6.54 Å². The van der Waals surface area contributed by atoms with Crippen LogP contribution in [-0.4, -0.2) is 6.04 Å². The first-order valence-electron chi connectivity index (χ1n) is 5.06. The second-order valence-electron chi connectivity index (χ2n) is 3.94. The molecule has 1 heterocycles. The van der Waals surface area contributed by atoms with Crippen molar-refractivity contribution in [3.8, 4) is 0 Å². The lowest BCUT2D eigenvalue weighted by atomic mass is 10.2. The van der Waals surface area contributed by atoms with Gasteiger partial charge in [-0.2, -0.15) is 0 Å². The lowest BCUT2D eigenvalue weighted by Crippen LogP contribution is -2.21. The van der Waals surface area contributed by atoms with Crippen LogP contribution in [0, 0.1) is 0 Å². The average Bonchev–Trinajstić information content (AvgIpc) is 2.57. The first kappa shape index (κ1) is 10.5. The van der Waals surface area contributed by atoms with Crippen molar-refractivity contribution in [1.29, 1.82) is 0 Å². The van der Waals surface area contributed by atoms with E-state index in [-0.39, 0.29) is 0 Å². The Kier molecular flexibility index (Phi) is 2.98. The van der Waals surface area contributed by atoms with Gasteiger partial charge in [0.05, 0.1) is 6.26 Å². The van der Waals surface area contributed by atoms with Crippen molar-refractivity contribution >= 4 is 22.6 Å². The third-order valence-electron chi connectivity index (χ3n) is 2.32. The molecule has 2 nitrogen and oxygen atoms in total. The second-order valence-corrected chi connectivity index (χ2v) is 4.37. The standard InChI is InChI=1S/C12H14ClNO/c1-8(2)14-6-9-7-15-12-4-3-10(13)5-11(9)12/h3-5,7-8,14H,6H2,1-2H3. The molecule has 0 aliphatic carbocycles. The van der Waals surface area contributed by atoms with E-state index in [0.29, 0.717) is 6.04 Å². The minimum absolute atomic E-state index is 0.467.